The molecule has 0 saturated carbocycles. The lowest BCUT2D eigenvalue weighted by Crippen LogP contribution is -2.29. The number of nitrogens with zero attached hydrogens (tertiary/aromatic N) is 1. The van der Waals surface area contributed by atoms with Crippen molar-refractivity contribution in [3.63, 3.8) is 0 Å². The SMILES string of the molecule is CC(c1ccc(F)c(F)c1)N(C)C(=O)c1ccsc1. The van der Waals surface area contributed by atoms with Gasteiger partial charge < -0.3 is 4.90 Å². The van der Waals surface area contributed by atoms with Crippen molar-refractivity contribution in [3.05, 3.63) is 57.8 Å². The molecular weight excluding hydrogens is 268 g/mol. The summed E-state index contributed by atoms with van der Waals surface area (Å²) in [6.45, 7) is 1.77. The molecule has 2 nitrogen and oxygen atoms in total. The quantitative estimate of drug-likeness (QED) is 0.836. The maximum Gasteiger partial charge on any atom is 0.254 e. The normalized spacial score (nSPS) is 12.2. The molecule has 0 aliphatic heterocycles. The van der Waals surface area contributed by atoms with E-state index >= 15 is 0 Å². The summed E-state index contributed by atoms with van der Waals surface area (Å²) in [5, 5.41) is 3.58. The maximum atomic E-state index is 13.2. The first-order valence-corrected chi connectivity index (χ1v) is 6.69. The van der Waals surface area contributed by atoms with E-state index in [-0.39, 0.29) is 11.9 Å². The van der Waals surface area contributed by atoms with Crippen LogP contribution in [-0.2, 0) is 0 Å². The molecule has 1 amide bonds. The highest BCUT2D eigenvalue weighted by atomic mass is 32.1. The number of hydrogen-bond acceptors (Lipinski definition) is 2. The van der Waals surface area contributed by atoms with Gasteiger partial charge in [0.15, 0.2) is 11.6 Å². The second kappa shape index (κ2) is 5.48. The van der Waals surface area contributed by atoms with Crippen LogP contribution in [0.4, 0.5) is 8.78 Å². The molecule has 1 atom stereocenters. The van der Waals surface area contributed by atoms with Crippen molar-refractivity contribution >= 4 is 17.2 Å². The molecule has 0 saturated heterocycles. The average molecular weight is 281 g/mol. The second-order valence-corrected chi connectivity index (χ2v) is 5.06. The van der Waals surface area contributed by atoms with Gasteiger partial charge in [-0.25, -0.2) is 8.78 Å². The lowest BCUT2D eigenvalue weighted by Gasteiger charge is -2.25. The zero-order valence-electron chi connectivity index (χ0n) is 10.6. The number of thiophene rings is 1. The fraction of sp³-hybridized carbons (Fsp3) is 0.214. The van der Waals surface area contributed by atoms with E-state index < -0.39 is 11.6 Å². The van der Waals surface area contributed by atoms with Gasteiger partial charge in [-0.2, -0.15) is 11.3 Å². The van der Waals surface area contributed by atoms with E-state index in [1.54, 1.807) is 25.4 Å². The summed E-state index contributed by atoms with van der Waals surface area (Å²) in [5.41, 5.74) is 1.16. The Bertz CT molecular complexity index is 583. The fourth-order valence-corrected chi connectivity index (χ4v) is 2.39. The predicted octanol–water partition coefficient (Wildman–Crippen LogP) is 3.86. The van der Waals surface area contributed by atoms with Crippen LogP contribution in [-0.4, -0.2) is 17.9 Å². The Morgan fingerprint density at radius 3 is 2.58 bits per heavy atom. The Balaban J connectivity index is 2.21. The smallest absolute Gasteiger partial charge is 0.254 e. The van der Waals surface area contributed by atoms with Crippen LogP contribution < -0.4 is 0 Å². The van der Waals surface area contributed by atoms with Gasteiger partial charge in [0.2, 0.25) is 0 Å². The van der Waals surface area contributed by atoms with Gasteiger partial charge in [0.05, 0.1) is 11.6 Å². The van der Waals surface area contributed by atoms with E-state index in [0.29, 0.717) is 11.1 Å². The molecule has 100 valence electrons. The molecule has 0 radical (unpaired) electrons. The largest absolute Gasteiger partial charge is 0.335 e. The molecule has 19 heavy (non-hydrogen) atoms. The van der Waals surface area contributed by atoms with E-state index in [0.717, 1.165) is 12.1 Å². The van der Waals surface area contributed by atoms with E-state index in [2.05, 4.69) is 0 Å². The standard InChI is InChI=1S/C14H13F2NOS/c1-9(10-3-4-12(15)13(16)7-10)17(2)14(18)11-5-6-19-8-11/h3-9H,1-2H3. The zero-order chi connectivity index (χ0) is 14.0. The lowest BCUT2D eigenvalue weighted by molar-refractivity contribution is 0.0743. The Hall–Kier alpha value is -1.75. The number of carbonyl (C=O) groups is 1. The van der Waals surface area contributed by atoms with Crippen LogP contribution in [0.5, 0.6) is 0 Å². The van der Waals surface area contributed by atoms with Crippen LogP contribution in [0.2, 0.25) is 0 Å². The summed E-state index contributed by atoms with van der Waals surface area (Å²) in [6.07, 6.45) is 0. The van der Waals surface area contributed by atoms with Crippen LogP contribution in [0.25, 0.3) is 0 Å². The summed E-state index contributed by atoms with van der Waals surface area (Å²) < 4.78 is 26.1. The number of halogens is 2. The third-order valence-corrected chi connectivity index (χ3v) is 3.78. The second-order valence-electron chi connectivity index (χ2n) is 4.28. The Morgan fingerprint density at radius 1 is 1.26 bits per heavy atom. The minimum absolute atomic E-state index is 0.140. The van der Waals surface area contributed by atoms with Gasteiger partial charge in [0.1, 0.15) is 0 Å². The van der Waals surface area contributed by atoms with Crippen molar-refractivity contribution in [1.82, 2.24) is 4.90 Å². The molecule has 2 aromatic rings. The van der Waals surface area contributed by atoms with Gasteiger partial charge in [0, 0.05) is 12.4 Å². The highest BCUT2D eigenvalue weighted by Crippen LogP contribution is 2.23. The fourth-order valence-electron chi connectivity index (χ4n) is 1.76. The minimum Gasteiger partial charge on any atom is -0.335 e. The first-order valence-electron chi connectivity index (χ1n) is 5.75. The van der Waals surface area contributed by atoms with E-state index in [1.807, 2.05) is 5.38 Å². The van der Waals surface area contributed by atoms with Gasteiger partial charge in [-0.1, -0.05) is 6.07 Å². The van der Waals surface area contributed by atoms with Crippen molar-refractivity contribution in [1.29, 1.82) is 0 Å². The van der Waals surface area contributed by atoms with Gasteiger partial charge in [0.25, 0.3) is 5.91 Å². The van der Waals surface area contributed by atoms with Gasteiger partial charge >= 0.3 is 0 Å². The van der Waals surface area contributed by atoms with Crippen molar-refractivity contribution < 1.29 is 13.6 Å². The topological polar surface area (TPSA) is 20.3 Å². The van der Waals surface area contributed by atoms with Crippen molar-refractivity contribution in [2.75, 3.05) is 7.05 Å². The molecule has 1 unspecified atom stereocenters. The molecule has 2 rings (SSSR count). The lowest BCUT2D eigenvalue weighted by atomic mass is 10.1. The van der Waals surface area contributed by atoms with E-state index in [4.69, 9.17) is 0 Å². The predicted molar refractivity (Wildman–Crippen MR) is 71.2 cm³/mol. The number of carbonyl (C=O) groups excluding carboxylic acids is 1. The van der Waals surface area contributed by atoms with Crippen LogP contribution >= 0.6 is 11.3 Å². The summed E-state index contributed by atoms with van der Waals surface area (Å²) in [7, 11) is 1.64. The molecule has 0 bridgehead atoms. The molecule has 0 fully saturated rings. The highest BCUT2D eigenvalue weighted by Gasteiger charge is 2.20. The van der Waals surface area contributed by atoms with Crippen molar-refractivity contribution in [2.24, 2.45) is 0 Å². The van der Waals surface area contributed by atoms with Crippen molar-refractivity contribution in [2.45, 2.75) is 13.0 Å². The number of hydrogen-bond donors (Lipinski definition) is 0. The number of rotatable bonds is 3. The molecule has 0 spiro atoms. The molecule has 0 aliphatic carbocycles. The maximum absolute atomic E-state index is 13.2. The van der Waals surface area contributed by atoms with E-state index in [1.165, 1.54) is 22.3 Å². The third kappa shape index (κ3) is 2.81. The molecule has 1 aromatic carbocycles. The number of amides is 1. The Morgan fingerprint density at radius 2 is 2.00 bits per heavy atom. The number of benzene rings is 1. The summed E-state index contributed by atoms with van der Waals surface area (Å²) in [6, 6.07) is 5.09. The first kappa shape index (κ1) is 13.7. The zero-order valence-corrected chi connectivity index (χ0v) is 11.4. The molecule has 0 aliphatic rings. The van der Waals surface area contributed by atoms with Crippen molar-refractivity contribution in [3.8, 4) is 0 Å². The van der Waals surface area contributed by atoms with Crippen LogP contribution in [0.15, 0.2) is 35.0 Å². The third-order valence-electron chi connectivity index (χ3n) is 3.10. The summed E-state index contributed by atoms with van der Waals surface area (Å²) in [4.78, 5) is 13.6. The van der Waals surface area contributed by atoms with Gasteiger partial charge in [-0.05, 0) is 36.1 Å². The Labute approximate surface area is 114 Å². The summed E-state index contributed by atoms with van der Waals surface area (Å²) >= 11 is 1.44. The van der Waals surface area contributed by atoms with E-state index in [9.17, 15) is 13.6 Å². The highest BCUT2D eigenvalue weighted by molar-refractivity contribution is 7.08. The van der Waals surface area contributed by atoms with Crippen LogP contribution in [0.3, 0.4) is 0 Å². The van der Waals surface area contributed by atoms with Gasteiger partial charge in [-0.3, -0.25) is 4.79 Å². The first-order chi connectivity index (χ1) is 9.00. The Kier molecular flexibility index (Phi) is 3.95. The van der Waals surface area contributed by atoms with Crippen LogP contribution in [0.1, 0.15) is 28.9 Å². The minimum atomic E-state index is -0.902. The molecular formula is C14H13F2NOS. The molecule has 1 heterocycles. The van der Waals surface area contributed by atoms with Crippen LogP contribution in [0, 0.1) is 11.6 Å². The summed E-state index contributed by atoms with van der Waals surface area (Å²) in [5.74, 6) is -1.93. The average Bonchev–Trinajstić information content (AvgIpc) is 2.93. The molecule has 0 N–H and O–H groups in total. The molecule has 1 aromatic heterocycles. The van der Waals surface area contributed by atoms with Gasteiger partial charge in [-0.15, -0.1) is 0 Å². The molecule has 5 heteroatoms. The monoisotopic (exact) mass is 281 g/mol.